The zero-order valence-corrected chi connectivity index (χ0v) is 14.8. The number of H-pyrrole nitrogens is 1. The molecule has 0 atom stereocenters. The molecule has 0 spiro atoms. The lowest BCUT2D eigenvalue weighted by molar-refractivity contribution is 0.105. The number of aromatic amines is 1. The minimum Gasteiger partial charge on any atom is -0.506 e. The number of aliphatic hydroxyl groups excluding tert-OH is 1. The maximum absolute atomic E-state index is 13.2. The van der Waals surface area contributed by atoms with E-state index in [4.69, 9.17) is 0 Å². The number of aliphatic hydroxyl groups is 1. The second-order valence-electron chi connectivity index (χ2n) is 6.34. The second-order valence-corrected chi connectivity index (χ2v) is 6.34. The van der Waals surface area contributed by atoms with Crippen molar-refractivity contribution in [1.82, 2.24) is 9.97 Å². The Kier molecular flexibility index (Phi) is 4.30. The van der Waals surface area contributed by atoms with Gasteiger partial charge in [-0.25, -0.2) is 4.98 Å². The van der Waals surface area contributed by atoms with Gasteiger partial charge in [-0.05, 0) is 18.6 Å². The molecule has 0 radical (unpaired) electrons. The Hall–Kier alpha value is -3.66. The molecule has 0 bridgehead atoms. The molecule has 4 heteroatoms. The van der Waals surface area contributed by atoms with Gasteiger partial charge in [-0.2, -0.15) is 0 Å². The molecule has 0 saturated carbocycles. The topological polar surface area (TPSA) is 66.0 Å². The number of ketones is 1. The summed E-state index contributed by atoms with van der Waals surface area (Å²) in [7, 11) is 0. The van der Waals surface area contributed by atoms with Crippen LogP contribution in [0.5, 0.6) is 0 Å². The molecule has 4 nitrogen and oxygen atoms in total. The quantitative estimate of drug-likeness (QED) is 0.301. The van der Waals surface area contributed by atoms with Gasteiger partial charge in [0.25, 0.3) is 0 Å². The summed E-state index contributed by atoms with van der Waals surface area (Å²) >= 11 is 0. The molecule has 1 heterocycles. The summed E-state index contributed by atoms with van der Waals surface area (Å²) in [6.45, 7) is 1.96. The van der Waals surface area contributed by atoms with E-state index < -0.39 is 0 Å². The minimum atomic E-state index is -0.284. The highest BCUT2D eigenvalue weighted by atomic mass is 16.3. The van der Waals surface area contributed by atoms with Gasteiger partial charge in [-0.3, -0.25) is 4.79 Å². The first-order valence-electron chi connectivity index (χ1n) is 8.69. The number of aromatic nitrogens is 2. The van der Waals surface area contributed by atoms with E-state index in [0.29, 0.717) is 17.0 Å². The lowest BCUT2D eigenvalue weighted by Crippen LogP contribution is -2.07. The molecule has 0 aliphatic carbocycles. The summed E-state index contributed by atoms with van der Waals surface area (Å²) in [6.07, 6.45) is 0. The highest BCUT2D eigenvalue weighted by Gasteiger charge is 2.23. The number of rotatable bonds is 4. The molecule has 0 aliphatic rings. The number of benzene rings is 3. The fraction of sp³-hybridized carbons (Fsp3) is 0.0435. The monoisotopic (exact) mass is 354 g/mol. The number of nitrogens with zero attached hydrogens (tertiary/aromatic N) is 1. The van der Waals surface area contributed by atoms with Gasteiger partial charge < -0.3 is 10.1 Å². The van der Waals surface area contributed by atoms with Crippen LogP contribution in [0.2, 0.25) is 0 Å². The highest BCUT2D eigenvalue weighted by Crippen LogP contribution is 2.28. The number of hydrogen-bond acceptors (Lipinski definition) is 3. The van der Waals surface area contributed by atoms with Crippen LogP contribution in [0.1, 0.15) is 27.3 Å². The third-order valence-electron chi connectivity index (χ3n) is 4.50. The summed E-state index contributed by atoms with van der Waals surface area (Å²) < 4.78 is 0. The standard InChI is InChI=1S/C23H18N2O2/c1-15-9-8-14-18-20(15)25-23(24-18)19(21(26)16-10-4-2-5-11-16)22(27)17-12-6-3-7-13-17/h2-14,26H,1H3,(H,24,25). The van der Waals surface area contributed by atoms with Crippen molar-refractivity contribution in [3.05, 3.63) is 101 Å². The normalized spacial score (nSPS) is 12.0. The third-order valence-corrected chi connectivity index (χ3v) is 4.50. The van der Waals surface area contributed by atoms with Crippen LogP contribution < -0.4 is 0 Å². The number of Topliss-reactive ketones (excluding diaryl/α,β-unsaturated/α-hetero) is 1. The zero-order chi connectivity index (χ0) is 18.8. The van der Waals surface area contributed by atoms with Crippen molar-refractivity contribution in [3.8, 4) is 0 Å². The van der Waals surface area contributed by atoms with E-state index in [1.54, 1.807) is 36.4 Å². The second kappa shape index (κ2) is 6.92. The van der Waals surface area contributed by atoms with Crippen LogP contribution in [0, 0.1) is 6.92 Å². The Morgan fingerprint density at radius 1 is 0.852 bits per heavy atom. The van der Waals surface area contributed by atoms with Gasteiger partial charge in [-0.15, -0.1) is 0 Å². The van der Waals surface area contributed by atoms with Gasteiger partial charge in [0.2, 0.25) is 5.78 Å². The van der Waals surface area contributed by atoms with E-state index in [1.165, 1.54) is 0 Å². The molecule has 0 aliphatic heterocycles. The van der Waals surface area contributed by atoms with Crippen molar-refractivity contribution in [3.63, 3.8) is 0 Å². The summed E-state index contributed by atoms with van der Waals surface area (Å²) in [5.41, 5.74) is 3.82. The van der Waals surface area contributed by atoms with E-state index in [-0.39, 0.29) is 17.1 Å². The number of hydrogen-bond donors (Lipinski definition) is 2. The summed E-state index contributed by atoms with van der Waals surface area (Å²) in [6, 6.07) is 23.7. The van der Waals surface area contributed by atoms with E-state index >= 15 is 0 Å². The molecular weight excluding hydrogens is 336 g/mol. The fourth-order valence-electron chi connectivity index (χ4n) is 3.10. The van der Waals surface area contributed by atoms with Crippen molar-refractivity contribution in [2.24, 2.45) is 0 Å². The van der Waals surface area contributed by atoms with Crippen LogP contribution >= 0.6 is 0 Å². The zero-order valence-electron chi connectivity index (χ0n) is 14.8. The van der Waals surface area contributed by atoms with E-state index in [9.17, 15) is 9.90 Å². The van der Waals surface area contributed by atoms with E-state index in [2.05, 4.69) is 9.97 Å². The first-order chi connectivity index (χ1) is 13.1. The van der Waals surface area contributed by atoms with Crippen molar-refractivity contribution in [2.45, 2.75) is 6.92 Å². The van der Waals surface area contributed by atoms with E-state index in [1.807, 2.05) is 49.4 Å². The molecule has 132 valence electrons. The van der Waals surface area contributed by atoms with Crippen LogP contribution in [0.3, 0.4) is 0 Å². The molecule has 0 unspecified atom stereocenters. The summed E-state index contributed by atoms with van der Waals surface area (Å²) in [4.78, 5) is 21.0. The van der Waals surface area contributed by atoms with Crippen LogP contribution in [0.4, 0.5) is 0 Å². The average molecular weight is 354 g/mol. The lowest BCUT2D eigenvalue weighted by atomic mass is 9.99. The van der Waals surface area contributed by atoms with Crippen LogP contribution in [-0.2, 0) is 0 Å². The third kappa shape index (κ3) is 3.13. The molecular formula is C23H18N2O2. The number of carbonyl (C=O) groups is 1. The molecule has 1 aromatic heterocycles. The van der Waals surface area contributed by atoms with Gasteiger partial charge in [0.15, 0.2) is 0 Å². The largest absolute Gasteiger partial charge is 0.506 e. The number of allylic oxidation sites excluding steroid dienone is 1. The Morgan fingerprint density at radius 3 is 2.11 bits per heavy atom. The van der Waals surface area contributed by atoms with Crippen LogP contribution in [0.25, 0.3) is 22.4 Å². The predicted octanol–water partition coefficient (Wildman–Crippen LogP) is 5.18. The number of carbonyl (C=O) groups excluding carboxylic acids is 1. The molecule has 27 heavy (non-hydrogen) atoms. The molecule has 4 aromatic rings. The lowest BCUT2D eigenvalue weighted by Gasteiger charge is -2.09. The first-order valence-corrected chi connectivity index (χ1v) is 8.69. The smallest absolute Gasteiger partial charge is 0.200 e. The predicted molar refractivity (Wildman–Crippen MR) is 107 cm³/mol. The highest BCUT2D eigenvalue weighted by molar-refractivity contribution is 6.33. The maximum Gasteiger partial charge on any atom is 0.200 e. The van der Waals surface area contributed by atoms with Gasteiger partial charge in [-0.1, -0.05) is 72.8 Å². The minimum absolute atomic E-state index is 0.0961. The maximum atomic E-state index is 13.2. The van der Waals surface area contributed by atoms with Crippen LogP contribution in [-0.4, -0.2) is 20.9 Å². The van der Waals surface area contributed by atoms with Gasteiger partial charge in [0.05, 0.1) is 11.0 Å². The molecule has 4 rings (SSSR count). The Bertz CT molecular complexity index is 1140. The number of fused-ring (bicyclic) bond motifs is 1. The molecule has 3 aromatic carbocycles. The molecule has 2 N–H and O–H groups in total. The average Bonchev–Trinajstić information content (AvgIpc) is 3.14. The van der Waals surface area contributed by atoms with E-state index in [0.717, 1.165) is 16.6 Å². The van der Waals surface area contributed by atoms with Crippen molar-refractivity contribution < 1.29 is 9.90 Å². The van der Waals surface area contributed by atoms with Crippen molar-refractivity contribution in [2.75, 3.05) is 0 Å². The number of imidazole rings is 1. The Morgan fingerprint density at radius 2 is 1.48 bits per heavy atom. The molecule has 0 amide bonds. The Balaban J connectivity index is 1.95. The Labute approximate surface area is 156 Å². The number of nitrogens with one attached hydrogen (secondary N) is 1. The van der Waals surface area contributed by atoms with Crippen molar-refractivity contribution >= 4 is 28.1 Å². The molecule has 0 fully saturated rings. The molecule has 0 saturated heterocycles. The van der Waals surface area contributed by atoms with Gasteiger partial charge in [0, 0.05) is 11.1 Å². The fourth-order valence-corrected chi connectivity index (χ4v) is 3.10. The SMILES string of the molecule is Cc1cccc2[nH]c(C(C(=O)c3ccccc3)=C(O)c3ccccc3)nc12. The summed E-state index contributed by atoms with van der Waals surface area (Å²) in [5, 5.41) is 11.0. The summed E-state index contributed by atoms with van der Waals surface area (Å²) in [5.74, 6) is -0.0238. The van der Waals surface area contributed by atoms with Crippen molar-refractivity contribution in [1.29, 1.82) is 0 Å². The van der Waals surface area contributed by atoms with Gasteiger partial charge in [0.1, 0.15) is 17.2 Å². The van der Waals surface area contributed by atoms with Gasteiger partial charge >= 0.3 is 0 Å². The number of aryl methyl sites for hydroxylation is 1. The first kappa shape index (κ1) is 16.8. The van der Waals surface area contributed by atoms with Crippen LogP contribution in [0.15, 0.2) is 78.9 Å². The number of para-hydroxylation sites is 1.